The third kappa shape index (κ3) is 5.15. The van der Waals surface area contributed by atoms with Crippen LogP contribution in [0.15, 0.2) is 78.9 Å². The fraction of sp³-hybridized carbons (Fsp3) is 0.0455. The van der Waals surface area contributed by atoms with E-state index in [0.717, 1.165) is 17.1 Å². The second-order valence-electron chi connectivity index (χ2n) is 5.43. The van der Waals surface area contributed by atoms with Gasteiger partial charge in [-0.2, -0.15) is 0 Å². The maximum Gasteiger partial charge on any atom is 0.382 e. The van der Waals surface area contributed by atoms with Crippen molar-refractivity contribution in [2.75, 3.05) is 0 Å². The molecule has 4 nitrogen and oxygen atoms in total. The summed E-state index contributed by atoms with van der Waals surface area (Å²) in [6.45, 7) is 0.395. The standard InChI is InChI=1S/C22H16O4/c23-22(24)14-11-17-9-12-19(13-10-17)25-16-18-5-4-8-21(15-18)26-20-6-2-1-3-7-20/h1-10,12-13,15H,16H2,(H,23,24). The molecule has 3 aromatic carbocycles. The Balaban J connectivity index is 1.60. The van der Waals surface area contributed by atoms with Crippen molar-refractivity contribution in [3.8, 4) is 29.1 Å². The van der Waals surface area contributed by atoms with Crippen molar-refractivity contribution in [2.45, 2.75) is 6.61 Å². The van der Waals surface area contributed by atoms with Gasteiger partial charge < -0.3 is 14.6 Å². The molecule has 0 saturated carbocycles. The number of carboxylic acids is 1. The van der Waals surface area contributed by atoms with E-state index in [4.69, 9.17) is 14.6 Å². The Morgan fingerprint density at radius 2 is 1.58 bits per heavy atom. The molecule has 3 rings (SSSR count). The fourth-order valence-corrected chi connectivity index (χ4v) is 2.25. The highest BCUT2D eigenvalue weighted by Crippen LogP contribution is 2.22. The van der Waals surface area contributed by atoms with Crippen molar-refractivity contribution >= 4 is 5.97 Å². The van der Waals surface area contributed by atoms with Crippen LogP contribution in [0.5, 0.6) is 17.2 Å². The van der Waals surface area contributed by atoms with E-state index in [-0.39, 0.29) is 0 Å². The van der Waals surface area contributed by atoms with Crippen molar-refractivity contribution in [1.82, 2.24) is 0 Å². The summed E-state index contributed by atoms with van der Waals surface area (Å²) in [6, 6.07) is 24.3. The molecule has 0 atom stereocenters. The third-order valence-electron chi connectivity index (χ3n) is 3.45. The van der Waals surface area contributed by atoms with Gasteiger partial charge in [0.25, 0.3) is 0 Å². The molecule has 1 N–H and O–H groups in total. The SMILES string of the molecule is O=C(O)C#Cc1ccc(OCc2cccc(Oc3ccccc3)c2)cc1. The van der Waals surface area contributed by atoms with Crippen molar-refractivity contribution in [3.63, 3.8) is 0 Å². The molecule has 3 aromatic rings. The number of hydrogen-bond donors (Lipinski definition) is 1. The summed E-state index contributed by atoms with van der Waals surface area (Å²) in [7, 11) is 0. The van der Waals surface area contributed by atoms with Gasteiger partial charge in [-0.1, -0.05) is 36.3 Å². The first kappa shape index (κ1) is 17.1. The van der Waals surface area contributed by atoms with Crippen LogP contribution in [0.3, 0.4) is 0 Å². The number of benzene rings is 3. The summed E-state index contributed by atoms with van der Waals surface area (Å²) in [5, 5.41) is 8.55. The van der Waals surface area contributed by atoms with Crippen LogP contribution < -0.4 is 9.47 Å². The topological polar surface area (TPSA) is 55.8 Å². The minimum Gasteiger partial charge on any atom is -0.489 e. The van der Waals surface area contributed by atoms with Crippen molar-refractivity contribution in [1.29, 1.82) is 0 Å². The van der Waals surface area contributed by atoms with E-state index >= 15 is 0 Å². The van der Waals surface area contributed by atoms with E-state index in [1.165, 1.54) is 0 Å². The Morgan fingerprint density at radius 3 is 2.31 bits per heavy atom. The molecule has 0 unspecified atom stereocenters. The van der Waals surface area contributed by atoms with Crippen LogP contribution >= 0.6 is 0 Å². The Labute approximate surface area is 151 Å². The first-order valence-electron chi connectivity index (χ1n) is 7.99. The van der Waals surface area contributed by atoms with E-state index in [1.807, 2.05) is 54.6 Å². The number of ether oxygens (including phenoxy) is 2. The molecular weight excluding hydrogens is 328 g/mol. The molecule has 128 valence electrons. The summed E-state index contributed by atoms with van der Waals surface area (Å²) in [4.78, 5) is 10.4. The zero-order valence-electron chi connectivity index (χ0n) is 13.9. The predicted octanol–water partition coefficient (Wildman–Crippen LogP) is 4.49. The van der Waals surface area contributed by atoms with E-state index in [1.54, 1.807) is 24.3 Å². The summed E-state index contributed by atoms with van der Waals surface area (Å²) in [6.07, 6.45) is 0. The maximum atomic E-state index is 10.4. The zero-order valence-corrected chi connectivity index (χ0v) is 13.9. The van der Waals surface area contributed by atoms with E-state index in [2.05, 4.69) is 11.8 Å². The van der Waals surface area contributed by atoms with Gasteiger partial charge in [-0.05, 0) is 54.1 Å². The lowest BCUT2D eigenvalue weighted by Gasteiger charge is -2.09. The smallest absolute Gasteiger partial charge is 0.382 e. The van der Waals surface area contributed by atoms with Crippen molar-refractivity contribution in [2.24, 2.45) is 0 Å². The van der Waals surface area contributed by atoms with Gasteiger partial charge in [-0.15, -0.1) is 0 Å². The van der Waals surface area contributed by atoms with Crippen LogP contribution in [-0.2, 0) is 11.4 Å². The molecule has 0 amide bonds. The molecular formula is C22H16O4. The van der Waals surface area contributed by atoms with Crippen LogP contribution in [0, 0.1) is 11.8 Å². The summed E-state index contributed by atoms with van der Waals surface area (Å²) in [5.74, 6) is 5.69. The molecule has 0 fully saturated rings. The van der Waals surface area contributed by atoms with Crippen LogP contribution in [0.1, 0.15) is 11.1 Å². The average molecular weight is 344 g/mol. The van der Waals surface area contributed by atoms with Gasteiger partial charge in [-0.25, -0.2) is 4.79 Å². The molecule has 0 aliphatic carbocycles. The Kier molecular flexibility index (Phi) is 5.54. The number of aliphatic carboxylic acids is 1. The number of para-hydroxylation sites is 1. The molecule has 0 heterocycles. The normalized spacial score (nSPS) is 9.69. The van der Waals surface area contributed by atoms with Gasteiger partial charge in [0.05, 0.1) is 0 Å². The molecule has 0 radical (unpaired) electrons. The van der Waals surface area contributed by atoms with Crippen molar-refractivity contribution in [3.05, 3.63) is 90.0 Å². The predicted molar refractivity (Wildman–Crippen MR) is 98.2 cm³/mol. The fourth-order valence-electron chi connectivity index (χ4n) is 2.25. The summed E-state index contributed by atoms with van der Waals surface area (Å²) >= 11 is 0. The van der Waals surface area contributed by atoms with Gasteiger partial charge in [0.2, 0.25) is 0 Å². The monoisotopic (exact) mass is 344 g/mol. The van der Waals surface area contributed by atoms with Gasteiger partial charge in [-0.3, -0.25) is 0 Å². The van der Waals surface area contributed by atoms with E-state index < -0.39 is 5.97 Å². The molecule has 0 aliphatic heterocycles. The quantitative estimate of drug-likeness (QED) is 0.693. The number of hydrogen-bond acceptors (Lipinski definition) is 3. The molecule has 0 spiro atoms. The Morgan fingerprint density at radius 1 is 0.846 bits per heavy atom. The molecule has 0 aromatic heterocycles. The Hall–Kier alpha value is -3.71. The lowest BCUT2D eigenvalue weighted by molar-refractivity contribution is -0.130. The first-order valence-corrected chi connectivity index (χ1v) is 7.99. The minimum absolute atomic E-state index is 0.395. The third-order valence-corrected chi connectivity index (χ3v) is 3.45. The molecule has 4 heteroatoms. The van der Waals surface area contributed by atoms with Gasteiger partial charge in [0, 0.05) is 11.5 Å². The van der Waals surface area contributed by atoms with Crippen LogP contribution in [-0.4, -0.2) is 11.1 Å². The van der Waals surface area contributed by atoms with Gasteiger partial charge in [0.15, 0.2) is 0 Å². The lowest BCUT2D eigenvalue weighted by atomic mass is 10.2. The molecule has 0 bridgehead atoms. The first-order chi connectivity index (χ1) is 12.7. The highest BCUT2D eigenvalue weighted by Gasteiger charge is 2.01. The van der Waals surface area contributed by atoms with Crippen molar-refractivity contribution < 1.29 is 19.4 Å². The molecule has 0 saturated heterocycles. The largest absolute Gasteiger partial charge is 0.489 e. The van der Waals surface area contributed by atoms with Crippen LogP contribution in [0.4, 0.5) is 0 Å². The highest BCUT2D eigenvalue weighted by atomic mass is 16.5. The Bertz CT molecular complexity index is 935. The molecule has 26 heavy (non-hydrogen) atoms. The van der Waals surface area contributed by atoms with Crippen LogP contribution in [0.25, 0.3) is 0 Å². The van der Waals surface area contributed by atoms with E-state index in [0.29, 0.717) is 17.9 Å². The number of carboxylic acid groups (broad SMARTS) is 1. The van der Waals surface area contributed by atoms with E-state index in [9.17, 15) is 4.79 Å². The average Bonchev–Trinajstić information content (AvgIpc) is 2.67. The number of carbonyl (C=O) groups is 1. The zero-order chi connectivity index (χ0) is 18.2. The minimum atomic E-state index is -1.15. The highest BCUT2D eigenvalue weighted by molar-refractivity contribution is 5.87. The van der Waals surface area contributed by atoms with Gasteiger partial charge in [0.1, 0.15) is 23.9 Å². The second-order valence-corrected chi connectivity index (χ2v) is 5.43. The summed E-state index contributed by atoms with van der Waals surface area (Å²) in [5.41, 5.74) is 1.60. The second kappa shape index (κ2) is 8.41. The lowest BCUT2D eigenvalue weighted by Crippen LogP contribution is -1.96. The van der Waals surface area contributed by atoms with Crippen LogP contribution in [0.2, 0.25) is 0 Å². The summed E-state index contributed by atoms with van der Waals surface area (Å²) < 4.78 is 11.6. The van der Waals surface area contributed by atoms with Gasteiger partial charge >= 0.3 is 5.97 Å². The maximum absolute atomic E-state index is 10.4. The molecule has 0 aliphatic rings. The number of rotatable bonds is 5.